The lowest BCUT2D eigenvalue weighted by molar-refractivity contribution is -0.900. The van der Waals surface area contributed by atoms with E-state index in [1.807, 2.05) is 12.1 Å². The lowest BCUT2D eigenvalue weighted by atomic mass is 10.2. The molecule has 1 aliphatic rings. The van der Waals surface area contributed by atoms with Crippen molar-refractivity contribution in [3.63, 3.8) is 0 Å². The van der Waals surface area contributed by atoms with Gasteiger partial charge in [0.1, 0.15) is 18.2 Å². The summed E-state index contributed by atoms with van der Waals surface area (Å²) in [5, 5.41) is 0. The molecule has 22 heavy (non-hydrogen) atoms. The third-order valence-corrected chi connectivity index (χ3v) is 5.28. The van der Waals surface area contributed by atoms with Crippen molar-refractivity contribution in [1.29, 1.82) is 0 Å². The molecule has 0 bridgehead atoms. The van der Waals surface area contributed by atoms with Gasteiger partial charge in [0.25, 0.3) is 0 Å². The van der Waals surface area contributed by atoms with Crippen molar-refractivity contribution in [1.82, 2.24) is 0 Å². The summed E-state index contributed by atoms with van der Waals surface area (Å²) in [5.41, 5.74) is 2.49. The molecular weight excluding hydrogens is 312 g/mol. The number of ether oxygens (including phenoxy) is 1. The number of benzene rings is 2. The van der Waals surface area contributed by atoms with Gasteiger partial charge in [-0.25, -0.2) is 0 Å². The first-order chi connectivity index (χ1) is 10.8. The molecule has 2 aromatic rings. The van der Waals surface area contributed by atoms with Gasteiger partial charge in [-0.2, -0.15) is 0 Å². The van der Waals surface area contributed by atoms with E-state index in [4.69, 9.17) is 17.0 Å². The zero-order chi connectivity index (χ0) is 15.4. The normalized spacial score (nSPS) is 18.3. The summed E-state index contributed by atoms with van der Waals surface area (Å²) in [6.07, 6.45) is 0. The maximum absolute atomic E-state index is 5.53. The van der Waals surface area contributed by atoms with Crippen LogP contribution in [-0.4, -0.2) is 24.0 Å². The smallest absolute Gasteiger partial charge is 0.159 e. The molecule has 0 aromatic heterocycles. The molecular formula is C17H19N2OS2+. The second kappa shape index (κ2) is 7.13. The van der Waals surface area contributed by atoms with Gasteiger partial charge in [0, 0.05) is 11.3 Å². The standard InChI is InChI=1S/C17H18N2OS2/c1-20-16-9-7-15(8-10-16)19-12-18(13-22-17(19)21)11-14-5-3-2-4-6-14/h2-10H,11-13H2,1H3/p+1. The minimum atomic E-state index is 0.868. The summed E-state index contributed by atoms with van der Waals surface area (Å²) in [6.45, 7) is 1.91. The molecule has 0 spiro atoms. The Kier molecular flexibility index (Phi) is 4.97. The summed E-state index contributed by atoms with van der Waals surface area (Å²) in [4.78, 5) is 3.71. The first-order valence-corrected chi connectivity index (χ1v) is 8.61. The molecule has 5 heteroatoms. The molecule has 1 atom stereocenters. The highest BCUT2D eigenvalue weighted by molar-refractivity contribution is 8.23. The fourth-order valence-corrected chi connectivity index (χ4v) is 3.72. The van der Waals surface area contributed by atoms with Crippen LogP contribution in [0.4, 0.5) is 5.69 Å². The van der Waals surface area contributed by atoms with Gasteiger partial charge in [-0.15, -0.1) is 0 Å². The number of quaternary nitrogens is 1. The van der Waals surface area contributed by atoms with Crippen LogP contribution in [0.1, 0.15) is 5.56 Å². The molecule has 114 valence electrons. The Hall–Kier alpha value is -1.56. The molecule has 2 aromatic carbocycles. The van der Waals surface area contributed by atoms with Crippen LogP contribution in [0.2, 0.25) is 0 Å². The van der Waals surface area contributed by atoms with Crippen molar-refractivity contribution in [2.75, 3.05) is 24.6 Å². The Labute approximate surface area is 140 Å². The summed E-state index contributed by atoms with van der Waals surface area (Å²) < 4.78 is 6.17. The van der Waals surface area contributed by atoms with Crippen molar-refractivity contribution in [2.45, 2.75) is 6.54 Å². The van der Waals surface area contributed by atoms with Crippen molar-refractivity contribution < 1.29 is 9.64 Å². The lowest BCUT2D eigenvalue weighted by Crippen LogP contribution is -3.13. The highest BCUT2D eigenvalue weighted by Crippen LogP contribution is 2.23. The molecule has 0 saturated carbocycles. The van der Waals surface area contributed by atoms with Gasteiger partial charge in [0.15, 0.2) is 11.0 Å². The molecule has 1 N–H and O–H groups in total. The second-order valence-electron chi connectivity index (χ2n) is 5.25. The average Bonchev–Trinajstić information content (AvgIpc) is 2.58. The van der Waals surface area contributed by atoms with E-state index in [2.05, 4.69) is 47.4 Å². The van der Waals surface area contributed by atoms with Crippen LogP contribution in [0.3, 0.4) is 0 Å². The number of hydrogen-bond acceptors (Lipinski definition) is 3. The highest BCUT2D eigenvalue weighted by Gasteiger charge is 2.26. The minimum absolute atomic E-state index is 0.868. The van der Waals surface area contributed by atoms with Gasteiger partial charge in [0.05, 0.1) is 7.11 Å². The molecule has 3 rings (SSSR count). The van der Waals surface area contributed by atoms with Crippen molar-refractivity contribution in [3.05, 3.63) is 60.2 Å². The fraction of sp³-hybridized carbons (Fsp3) is 0.235. The van der Waals surface area contributed by atoms with Gasteiger partial charge in [-0.05, 0) is 36.0 Å². The van der Waals surface area contributed by atoms with Gasteiger partial charge < -0.3 is 9.64 Å². The third kappa shape index (κ3) is 3.61. The van der Waals surface area contributed by atoms with Gasteiger partial charge in [-0.3, -0.25) is 4.90 Å². The number of nitrogens with one attached hydrogen (secondary N) is 1. The average molecular weight is 331 g/mol. The SMILES string of the molecule is COc1ccc(N2C[NH+](Cc3ccccc3)CSC2=S)cc1. The van der Waals surface area contributed by atoms with Gasteiger partial charge in [0.2, 0.25) is 0 Å². The largest absolute Gasteiger partial charge is 0.497 e. The van der Waals surface area contributed by atoms with E-state index in [0.717, 1.165) is 34.8 Å². The molecule has 1 heterocycles. The number of thioether (sulfide) groups is 1. The number of thiocarbonyl (C=S) groups is 1. The van der Waals surface area contributed by atoms with Crippen molar-refractivity contribution in [3.8, 4) is 5.75 Å². The van der Waals surface area contributed by atoms with Crippen LogP contribution >= 0.6 is 24.0 Å². The van der Waals surface area contributed by atoms with E-state index in [-0.39, 0.29) is 0 Å². The van der Waals surface area contributed by atoms with Crippen LogP contribution in [0.25, 0.3) is 0 Å². The molecule has 1 unspecified atom stereocenters. The predicted octanol–water partition coefficient (Wildman–Crippen LogP) is 2.53. The maximum atomic E-state index is 5.53. The molecule has 0 amide bonds. The van der Waals surface area contributed by atoms with Gasteiger partial charge >= 0.3 is 0 Å². The Morgan fingerprint density at radius 3 is 2.55 bits per heavy atom. The molecule has 1 aliphatic heterocycles. The van der Waals surface area contributed by atoms with Crippen LogP contribution in [0, 0.1) is 0 Å². The molecule has 0 aliphatic carbocycles. The Morgan fingerprint density at radius 1 is 1.14 bits per heavy atom. The number of nitrogens with zero attached hydrogens (tertiary/aromatic N) is 1. The second-order valence-corrected chi connectivity index (χ2v) is 6.86. The molecule has 3 nitrogen and oxygen atoms in total. The van der Waals surface area contributed by atoms with E-state index >= 15 is 0 Å². The summed E-state index contributed by atoms with van der Waals surface area (Å²) >= 11 is 7.28. The van der Waals surface area contributed by atoms with Gasteiger partial charge in [-0.1, -0.05) is 42.5 Å². The minimum Gasteiger partial charge on any atom is -0.497 e. The highest BCUT2D eigenvalue weighted by atomic mass is 32.2. The van der Waals surface area contributed by atoms with E-state index in [1.54, 1.807) is 18.9 Å². The first kappa shape index (κ1) is 15.3. The first-order valence-electron chi connectivity index (χ1n) is 7.22. The Bertz CT molecular complexity index is 631. The lowest BCUT2D eigenvalue weighted by Gasteiger charge is -2.34. The van der Waals surface area contributed by atoms with Crippen LogP contribution in [-0.2, 0) is 6.54 Å². The van der Waals surface area contributed by atoms with Crippen LogP contribution in [0.15, 0.2) is 54.6 Å². The number of rotatable bonds is 4. The third-order valence-electron chi connectivity index (χ3n) is 3.68. The number of hydrogen-bond donors (Lipinski definition) is 1. The van der Waals surface area contributed by atoms with E-state index < -0.39 is 0 Å². The predicted molar refractivity (Wildman–Crippen MR) is 96.5 cm³/mol. The van der Waals surface area contributed by atoms with Crippen LogP contribution in [0.5, 0.6) is 5.75 Å². The monoisotopic (exact) mass is 331 g/mol. The van der Waals surface area contributed by atoms with Crippen molar-refractivity contribution >= 4 is 34.0 Å². The molecule has 1 saturated heterocycles. The molecule has 0 radical (unpaired) electrons. The summed E-state index contributed by atoms with van der Waals surface area (Å²) in [7, 11) is 1.68. The Morgan fingerprint density at radius 2 is 1.86 bits per heavy atom. The number of anilines is 1. The summed E-state index contributed by atoms with van der Waals surface area (Å²) in [6, 6.07) is 18.7. The number of methoxy groups -OCH3 is 1. The van der Waals surface area contributed by atoms with Crippen molar-refractivity contribution in [2.24, 2.45) is 0 Å². The zero-order valence-corrected chi connectivity index (χ0v) is 14.1. The van der Waals surface area contributed by atoms with Crippen LogP contribution < -0.4 is 14.5 Å². The van der Waals surface area contributed by atoms with E-state index in [9.17, 15) is 0 Å². The fourth-order valence-electron chi connectivity index (χ4n) is 2.53. The zero-order valence-electron chi connectivity index (χ0n) is 12.5. The molecule has 1 fully saturated rings. The summed E-state index contributed by atoms with van der Waals surface area (Å²) in [5.74, 6) is 1.88. The Balaban J connectivity index is 1.71. The maximum Gasteiger partial charge on any atom is 0.159 e. The quantitative estimate of drug-likeness (QED) is 0.867. The topological polar surface area (TPSA) is 16.9 Å². The van der Waals surface area contributed by atoms with E-state index in [0.29, 0.717) is 0 Å². The van der Waals surface area contributed by atoms with E-state index in [1.165, 1.54) is 10.5 Å².